The van der Waals surface area contributed by atoms with Crippen molar-refractivity contribution in [3.05, 3.63) is 11.6 Å². The smallest absolute Gasteiger partial charge is 0.244 e. The van der Waals surface area contributed by atoms with Gasteiger partial charge in [-0.3, -0.25) is 4.79 Å². The number of rotatable bonds is 3. The van der Waals surface area contributed by atoms with E-state index >= 15 is 0 Å². The van der Waals surface area contributed by atoms with Gasteiger partial charge in [0.2, 0.25) is 5.91 Å². The Hall–Kier alpha value is -0.830. The zero-order valence-corrected chi connectivity index (χ0v) is 9.05. The van der Waals surface area contributed by atoms with Crippen molar-refractivity contribution in [3.8, 4) is 0 Å². The number of hydrogen-bond acceptors (Lipinski definition) is 2. The van der Waals surface area contributed by atoms with Crippen LogP contribution in [0.4, 0.5) is 0 Å². The molecule has 1 aliphatic rings. The lowest BCUT2D eigenvalue weighted by molar-refractivity contribution is -0.117. The molecule has 3 nitrogen and oxygen atoms in total. The molecule has 2 atom stereocenters. The molecule has 0 aromatic carbocycles. The Morgan fingerprint density at radius 1 is 1.79 bits per heavy atom. The second-order valence-electron chi connectivity index (χ2n) is 4.30. The van der Waals surface area contributed by atoms with Crippen molar-refractivity contribution < 1.29 is 4.79 Å². The molecule has 3 N–H and O–H groups in total. The van der Waals surface area contributed by atoms with Gasteiger partial charge in [-0.2, -0.15) is 0 Å². The van der Waals surface area contributed by atoms with Crippen LogP contribution in [-0.4, -0.2) is 18.5 Å². The molecule has 0 aromatic heterocycles. The van der Waals surface area contributed by atoms with E-state index in [-0.39, 0.29) is 11.9 Å². The number of amides is 1. The van der Waals surface area contributed by atoms with Gasteiger partial charge in [0.05, 0.1) is 0 Å². The summed E-state index contributed by atoms with van der Waals surface area (Å²) in [5.41, 5.74) is 6.69. The van der Waals surface area contributed by atoms with Crippen LogP contribution in [0.25, 0.3) is 0 Å². The highest BCUT2D eigenvalue weighted by Gasteiger charge is 2.15. The summed E-state index contributed by atoms with van der Waals surface area (Å²) in [7, 11) is 0. The van der Waals surface area contributed by atoms with Gasteiger partial charge >= 0.3 is 0 Å². The quantitative estimate of drug-likeness (QED) is 0.666. The fourth-order valence-electron chi connectivity index (χ4n) is 1.74. The summed E-state index contributed by atoms with van der Waals surface area (Å²) in [4.78, 5) is 11.4. The first-order valence-electron chi connectivity index (χ1n) is 5.31. The minimum absolute atomic E-state index is 0.00653. The molecule has 0 saturated heterocycles. The zero-order valence-electron chi connectivity index (χ0n) is 9.05. The normalized spacial score (nSPS) is 26.5. The molecular weight excluding hydrogens is 176 g/mol. The summed E-state index contributed by atoms with van der Waals surface area (Å²) in [5, 5.41) is 2.83. The van der Waals surface area contributed by atoms with Crippen molar-refractivity contribution >= 4 is 5.91 Å². The van der Waals surface area contributed by atoms with Crippen LogP contribution in [0.5, 0.6) is 0 Å². The number of carbonyl (C=O) groups is 1. The number of allylic oxidation sites excluding steroid dienone is 1. The molecule has 0 spiro atoms. The minimum Gasteiger partial charge on any atom is -0.349 e. The molecule has 0 heterocycles. The van der Waals surface area contributed by atoms with Crippen LogP contribution >= 0.6 is 0 Å². The molecule has 1 unspecified atom stereocenters. The van der Waals surface area contributed by atoms with E-state index in [9.17, 15) is 4.79 Å². The molecule has 1 saturated carbocycles. The maximum Gasteiger partial charge on any atom is 0.244 e. The van der Waals surface area contributed by atoms with E-state index in [2.05, 4.69) is 12.2 Å². The average Bonchev–Trinajstić information content (AvgIpc) is 2.50. The van der Waals surface area contributed by atoms with E-state index in [0.29, 0.717) is 6.54 Å². The van der Waals surface area contributed by atoms with Crippen molar-refractivity contribution in [1.29, 1.82) is 0 Å². The van der Waals surface area contributed by atoms with E-state index in [4.69, 9.17) is 5.73 Å². The highest BCUT2D eigenvalue weighted by atomic mass is 16.1. The maximum absolute atomic E-state index is 11.4. The average molecular weight is 196 g/mol. The molecule has 0 bridgehead atoms. The first kappa shape index (κ1) is 11.2. The molecule has 0 aliphatic heterocycles. The third-order valence-electron chi connectivity index (χ3n) is 2.65. The van der Waals surface area contributed by atoms with Gasteiger partial charge in [-0.15, -0.1) is 0 Å². The number of nitrogens with two attached hydrogens (primary N) is 1. The maximum atomic E-state index is 11.4. The van der Waals surface area contributed by atoms with Crippen LogP contribution in [0.15, 0.2) is 11.6 Å². The Bertz CT molecular complexity index is 235. The van der Waals surface area contributed by atoms with Gasteiger partial charge in [-0.25, -0.2) is 0 Å². The van der Waals surface area contributed by atoms with Crippen molar-refractivity contribution in [1.82, 2.24) is 5.32 Å². The summed E-state index contributed by atoms with van der Waals surface area (Å²) < 4.78 is 0. The van der Waals surface area contributed by atoms with Gasteiger partial charge in [0.1, 0.15) is 0 Å². The lowest BCUT2D eigenvalue weighted by Gasteiger charge is -2.09. The highest BCUT2D eigenvalue weighted by molar-refractivity contribution is 5.88. The summed E-state index contributed by atoms with van der Waals surface area (Å²) in [6.45, 7) is 4.63. The third kappa shape index (κ3) is 3.50. The second-order valence-corrected chi connectivity index (χ2v) is 4.30. The Kier molecular flexibility index (Phi) is 4.14. The van der Waals surface area contributed by atoms with Crippen molar-refractivity contribution in [3.63, 3.8) is 0 Å². The van der Waals surface area contributed by atoms with Gasteiger partial charge in [0, 0.05) is 18.7 Å². The van der Waals surface area contributed by atoms with Gasteiger partial charge in [0.25, 0.3) is 0 Å². The Balaban J connectivity index is 2.39. The van der Waals surface area contributed by atoms with Gasteiger partial charge < -0.3 is 11.1 Å². The Morgan fingerprint density at radius 3 is 3.00 bits per heavy atom. The predicted octanol–water partition coefficient (Wildman–Crippen LogP) is 1.20. The molecule has 1 amide bonds. The lowest BCUT2D eigenvalue weighted by Crippen LogP contribution is -2.36. The van der Waals surface area contributed by atoms with E-state index in [1.165, 1.54) is 12.0 Å². The largest absolute Gasteiger partial charge is 0.349 e. The monoisotopic (exact) mass is 196 g/mol. The van der Waals surface area contributed by atoms with Gasteiger partial charge in [-0.1, -0.05) is 12.5 Å². The highest BCUT2D eigenvalue weighted by Crippen LogP contribution is 2.29. The molecular formula is C11H20N2O. The molecule has 80 valence electrons. The molecule has 1 aliphatic carbocycles. The first-order chi connectivity index (χ1) is 6.61. The van der Waals surface area contributed by atoms with Gasteiger partial charge in [0.15, 0.2) is 0 Å². The van der Waals surface area contributed by atoms with Crippen LogP contribution < -0.4 is 11.1 Å². The molecule has 0 aromatic rings. The van der Waals surface area contributed by atoms with Crippen molar-refractivity contribution in [2.45, 2.75) is 39.2 Å². The molecule has 1 rings (SSSR count). The summed E-state index contributed by atoms with van der Waals surface area (Å²) in [6.07, 6.45) is 5.11. The topological polar surface area (TPSA) is 55.1 Å². The number of nitrogens with one attached hydrogen (secondary N) is 1. The summed E-state index contributed by atoms with van der Waals surface area (Å²) in [5.74, 6) is 0.744. The predicted molar refractivity (Wildman–Crippen MR) is 57.8 cm³/mol. The standard InChI is InChI=1S/C11H20N2O/c1-8-3-4-10(5-8)6-11(14)13-9(2)7-12/h6,8-9H,3-5,7,12H2,1-2H3,(H,13,14)/b10-6-/t8?,9-/m1/s1. The fourth-order valence-corrected chi connectivity index (χ4v) is 1.74. The van der Waals surface area contributed by atoms with Crippen molar-refractivity contribution in [2.75, 3.05) is 6.54 Å². The summed E-state index contributed by atoms with van der Waals surface area (Å²) in [6, 6.07) is 0.0678. The SMILES string of the molecule is CC1CC/C(=C/C(=O)N[C@H](C)CN)C1. The number of hydrogen-bond donors (Lipinski definition) is 2. The van der Waals surface area contributed by atoms with Crippen LogP contribution in [-0.2, 0) is 4.79 Å². The van der Waals surface area contributed by atoms with E-state index in [1.807, 2.05) is 6.92 Å². The van der Waals surface area contributed by atoms with Crippen LogP contribution in [0.3, 0.4) is 0 Å². The molecule has 3 heteroatoms. The third-order valence-corrected chi connectivity index (χ3v) is 2.65. The fraction of sp³-hybridized carbons (Fsp3) is 0.727. The molecule has 14 heavy (non-hydrogen) atoms. The van der Waals surface area contributed by atoms with Crippen LogP contribution in [0.2, 0.25) is 0 Å². The van der Waals surface area contributed by atoms with Gasteiger partial charge in [-0.05, 0) is 32.1 Å². The Morgan fingerprint density at radius 2 is 2.50 bits per heavy atom. The number of carbonyl (C=O) groups excluding carboxylic acids is 1. The first-order valence-corrected chi connectivity index (χ1v) is 5.31. The van der Waals surface area contributed by atoms with Crippen LogP contribution in [0, 0.1) is 5.92 Å². The zero-order chi connectivity index (χ0) is 10.6. The molecule has 0 radical (unpaired) electrons. The lowest BCUT2D eigenvalue weighted by atomic mass is 10.1. The summed E-state index contributed by atoms with van der Waals surface area (Å²) >= 11 is 0. The van der Waals surface area contributed by atoms with E-state index in [1.54, 1.807) is 6.08 Å². The molecule has 1 fully saturated rings. The van der Waals surface area contributed by atoms with Crippen molar-refractivity contribution in [2.24, 2.45) is 11.7 Å². The second kappa shape index (κ2) is 5.15. The minimum atomic E-state index is 0.00653. The van der Waals surface area contributed by atoms with Crippen LogP contribution in [0.1, 0.15) is 33.1 Å². The van der Waals surface area contributed by atoms with E-state index in [0.717, 1.165) is 18.8 Å². The Labute approximate surface area is 85.7 Å². The van der Waals surface area contributed by atoms with E-state index < -0.39 is 0 Å².